The van der Waals surface area contributed by atoms with Gasteiger partial charge in [-0.25, -0.2) is 4.79 Å². The summed E-state index contributed by atoms with van der Waals surface area (Å²) < 4.78 is 0. The van der Waals surface area contributed by atoms with Gasteiger partial charge in [0.2, 0.25) is 5.91 Å². The predicted octanol–water partition coefficient (Wildman–Crippen LogP) is 0.526. The van der Waals surface area contributed by atoms with Crippen molar-refractivity contribution in [3.8, 4) is 0 Å². The van der Waals surface area contributed by atoms with Crippen molar-refractivity contribution in [2.45, 2.75) is 6.42 Å². The van der Waals surface area contributed by atoms with Crippen molar-refractivity contribution in [1.82, 2.24) is 0 Å². The molecule has 0 unspecified atom stereocenters. The van der Waals surface area contributed by atoms with Crippen LogP contribution in [0.1, 0.15) is 16.8 Å². The summed E-state index contributed by atoms with van der Waals surface area (Å²) in [5, 5.41) is 20.4. The quantitative estimate of drug-likeness (QED) is 0.725. The number of hydrogen-bond donors (Lipinski definition) is 3. The van der Waals surface area contributed by atoms with E-state index in [2.05, 4.69) is 5.32 Å². The van der Waals surface area contributed by atoms with Crippen LogP contribution in [0.3, 0.4) is 0 Å². The van der Waals surface area contributed by atoms with Crippen LogP contribution in [-0.4, -0.2) is 41.8 Å². The molecule has 6 heteroatoms. The van der Waals surface area contributed by atoms with Crippen LogP contribution in [0.25, 0.3) is 0 Å². The molecule has 18 heavy (non-hydrogen) atoms. The molecule has 1 aliphatic heterocycles. The van der Waals surface area contributed by atoms with E-state index in [9.17, 15) is 9.59 Å². The van der Waals surface area contributed by atoms with E-state index in [1.54, 1.807) is 6.07 Å². The summed E-state index contributed by atoms with van der Waals surface area (Å²) in [5.41, 5.74) is 1.43. The monoisotopic (exact) mass is 250 g/mol. The molecule has 3 N–H and O–H groups in total. The highest BCUT2D eigenvalue weighted by Crippen LogP contribution is 2.30. The SMILES string of the molecule is O=C1CN(CCCO)c2ccc(C(=O)O)cc2N1. The van der Waals surface area contributed by atoms with Crippen LogP contribution in [0.5, 0.6) is 0 Å². The zero-order valence-corrected chi connectivity index (χ0v) is 9.72. The van der Waals surface area contributed by atoms with Gasteiger partial charge >= 0.3 is 5.97 Å². The zero-order chi connectivity index (χ0) is 13.1. The lowest BCUT2D eigenvalue weighted by atomic mass is 10.1. The van der Waals surface area contributed by atoms with E-state index in [0.29, 0.717) is 18.7 Å². The number of carbonyl (C=O) groups excluding carboxylic acids is 1. The van der Waals surface area contributed by atoms with Crippen LogP contribution >= 0.6 is 0 Å². The molecule has 0 bridgehead atoms. The minimum Gasteiger partial charge on any atom is -0.478 e. The van der Waals surface area contributed by atoms with E-state index in [1.165, 1.54) is 12.1 Å². The van der Waals surface area contributed by atoms with Gasteiger partial charge in [0, 0.05) is 13.2 Å². The molecule has 2 rings (SSSR count). The molecule has 0 aromatic heterocycles. The van der Waals surface area contributed by atoms with Gasteiger partial charge in [-0.2, -0.15) is 0 Å². The summed E-state index contributed by atoms with van der Waals surface area (Å²) in [6.45, 7) is 0.837. The predicted molar refractivity (Wildman–Crippen MR) is 65.9 cm³/mol. The molecular weight excluding hydrogens is 236 g/mol. The first-order chi connectivity index (χ1) is 8.61. The number of aliphatic hydroxyl groups is 1. The molecule has 0 saturated carbocycles. The van der Waals surface area contributed by atoms with E-state index in [4.69, 9.17) is 10.2 Å². The number of benzene rings is 1. The van der Waals surface area contributed by atoms with Gasteiger partial charge < -0.3 is 20.4 Å². The fraction of sp³-hybridized carbons (Fsp3) is 0.333. The van der Waals surface area contributed by atoms with Crippen molar-refractivity contribution in [2.24, 2.45) is 0 Å². The van der Waals surface area contributed by atoms with Crippen molar-refractivity contribution in [1.29, 1.82) is 0 Å². The summed E-state index contributed by atoms with van der Waals surface area (Å²) in [6, 6.07) is 4.63. The van der Waals surface area contributed by atoms with E-state index < -0.39 is 5.97 Å². The highest BCUT2D eigenvalue weighted by atomic mass is 16.4. The van der Waals surface area contributed by atoms with Crippen LogP contribution in [0.15, 0.2) is 18.2 Å². The van der Waals surface area contributed by atoms with Gasteiger partial charge in [-0.05, 0) is 24.6 Å². The number of carboxylic acid groups (broad SMARTS) is 1. The van der Waals surface area contributed by atoms with Crippen LogP contribution in [-0.2, 0) is 4.79 Å². The largest absolute Gasteiger partial charge is 0.478 e. The van der Waals surface area contributed by atoms with E-state index in [1.807, 2.05) is 4.90 Å². The van der Waals surface area contributed by atoms with Gasteiger partial charge in [0.15, 0.2) is 0 Å². The second-order valence-electron chi connectivity index (χ2n) is 4.08. The first-order valence-corrected chi connectivity index (χ1v) is 5.65. The van der Waals surface area contributed by atoms with Crippen molar-refractivity contribution >= 4 is 23.3 Å². The maximum absolute atomic E-state index is 11.5. The molecule has 0 atom stereocenters. The van der Waals surface area contributed by atoms with Gasteiger partial charge in [-0.3, -0.25) is 4.79 Å². The van der Waals surface area contributed by atoms with Crippen LogP contribution < -0.4 is 10.2 Å². The third kappa shape index (κ3) is 2.43. The average molecular weight is 250 g/mol. The Morgan fingerprint density at radius 2 is 2.22 bits per heavy atom. The lowest BCUT2D eigenvalue weighted by Crippen LogP contribution is -2.39. The lowest BCUT2D eigenvalue weighted by Gasteiger charge is -2.30. The molecular formula is C12H14N2O4. The molecule has 0 radical (unpaired) electrons. The Labute approximate surface area is 104 Å². The molecule has 0 fully saturated rings. The molecule has 1 amide bonds. The topological polar surface area (TPSA) is 89.9 Å². The highest BCUT2D eigenvalue weighted by molar-refractivity contribution is 6.02. The van der Waals surface area contributed by atoms with Crippen molar-refractivity contribution in [3.63, 3.8) is 0 Å². The van der Waals surface area contributed by atoms with Crippen LogP contribution in [0.2, 0.25) is 0 Å². The number of aliphatic hydroxyl groups excluding tert-OH is 1. The van der Waals surface area contributed by atoms with E-state index >= 15 is 0 Å². The minimum atomic E-state index is -1.03. The molecule has 1 aromatic rings. The van der Waals surface area contributed by atoms with Crippen molar-refractivity contribution in [3.05, 3.63) is 23.8 Å². The second kappa shape index (κ2) is 5.05. The van der Waals surface area contributed by atoms with Gasteiger partial charge in [0.1, 0.15) is 0 Å². The fourth-order valence-corrected chi connectivity index (χ4v) is 1.95. The molecule has 1 aromatic carbocycles. The Balaban J connectivity index is 2.31. The summed E-state index contributed by atoms with van der Waals surface area (Å²) in [4.78, 5) is 24.2. The number of carboxylic acids is 1. The Morgan fingerprint density at radius 3 is 2.89 bits per heavy atom. The summed E-state index contributed by atoms with van der Waals surface area (Å²) in [5.74, 6) is -1.21. The van der Waals surface area contributed by atoms with Crippen molar-refractivity contribution < 1.29 is 19.8 Å². The number of hydrogen-bond acceptors (Lipinski definition) is 4. The number of anilines is 2. The van der Waals surface area contributed by atoms with Crippen LogP contribution in [0, 0.1) is 0 Å². The Bertz CT molecular complexity index is 487. The number of carbonyl (C=O) groups is 2. The first kappa shape index (κ1) is 12.4. The Morgan fingerprint density at radius 1 is 1.44 bits per heavy atom. The van der Waals surface area contributed by atoms with Gasteiger partial charge in [-0.1, -0.05) is 0 Å². The maximum Gasteiger partial charge on any atom is 0.335 e. The maximum atomic E-state index is 11.5. The molecule has 96 valence electrons. The molecule has 1 heterocycles. The molecule has 0 spiro atoms. The normalized spacial score (nSPS) is 14.1. The minimum absolute atomic E-state index is 0.0562. The van der Waals surface area contributed by atoms with E-state index in [0.717, 1.165) is 5.69 Å². The van der Waals surface area contributed by atoms with Gasteiger partial charge in [0.25, 0.3) is 0 Å². The molecule has 1 aliphatic rings. The summed E-state index contributed by atoms with van der Waals surface area (Å²) in [7, 11) is 0. The number of rotatable bonds is 4. The lowest BCUT2D eigenvalue weighted by molar-refractivity contribution is -0.115. The number of fused-ring (bicyclic) bond motifs is 1. The standard InChI is InChI=1S/C12H14N2O4/c15-5-1-4-14-7-11(16)13-9-6-8(12(17)18)2-3-10(9)14/h2-3,6,15H,1,4-5,7H2,(H,13,16)(H,17,18). The smallest absolute Gasteiger partial charge is 0.335 e. The zero-order valence-electron chi connectivity index (χ0n) is 9.72. The number of nitrogens with zero attached hydrogens (tertiary/aromatic N) is 1. The first-order valence-electron chi connectivity index (χ1n) is 5.65. The van der Waals surface area contributed by atoms with Crippen molar-refractivity contribution in [2.75, 3.05) is 29.9 Å². The number of amides is 1. The molecule has 6 nitrogen and oxygen atoms in total. The van der Waals surface area contributed by atoms with Gasteiger partial charge in [-0.15, -0.1) is 0 Å². The van der Waals surface area contributed by atoms with Crippen LogP contribution in [0.4, 0.5) is 11.4 Å². The Hall–Kier alpha value is -2.08. The molecule has 0 aliphatic carbocycles. The number of nitrogens with one attached hydrogen (secondary N) is 1. The van der Waals surface area contributed by atoms with Gasteiger partial charge in [0.05, 0.1) is 23.5 Å². The number of aromatic carboxylic acids is 1. The molecule has 0 saturated heterocycles. The Kier molecular flexibility index (Phi) is 3.47. The summed E-state index contributed by atoms with van der Waals surface area (Å²) in [6.07, 6.45) is 0.563. The second-order valence-corrected chi connectivity index (χ2v) is 4.08. The van der Waals surface area contributed by atoms with E-state index in [-0.39, 0.29) is 24.6 Å². The third-order valence-corrected chi connectivity index (χ3v) is 2.78. The summed E-state index contributed by atoms with van der Waals surface area (Å²) >= 11 is 0. The highest BCUT2D eigenvalue weighted by Gasteiger charge is 2.22. The fourth-order valence-electron chi connectivity index (χ4n) is 1.95. The average Bonchev–Trinajstić information content (AvgIpc) is 2.34. The third-order valence-electron chi connectivity index (χ3n) is 2.78.